The Labute approximate surface area is 253 Å². The van der Waals surface area contributed by atoms with E-state index in [0.29, 0.717) is 58.2 Å². The average Bonchev–Trinajstić information content (AvgIpc) is 3.19. The van der Waals surface area contributed by atoms with Crippen LogP contribution in [0.15, 0.2) is 43.1 Å². The summed E-state index contributed by atoms with van der Waals surface area (Å²) in [5.41, 5.74) is 1.69. The normalized spacial score (nSPS) is 16.9. The maximum absolute atomic E-state index is 13.4. The van der Waals surface area contributed by atoms with Crippen LogP contribution in [0.1, 0.15) is 82.1 Å². The molecule has 1 saturated heterocycles. The highest BCUT2D eigenvalue weighted by molar-refractivity contribution is 6.36. The van der Waals surface area contributed by atoms with Crippen molar-refractivity contribution in [2.75, 3.05) is 25.5 Å². The Bertz CT molecular complexity index is 1410. The van der Waals surface area contributed by atoms with Gasteiger partial charge in [0.2, 0.25) is 17.7 Å². The van der Waals surface area contributed by atoms with Crippen molar-refractivity contribution in [3.63, 3.8) is 0 Å². The number of unbranched alkanes of at least 4 members (excludes halogenated alkanes) is 1. The van der Waals surface area contributed by atoms with Crippen LogP contribution in [0, 0.1) is 5.92 Å². The molecule has 2 aromatic heterocycles. The number of likely N-dealkylation sites (tertiary alicyclic amines) is 1. The van der Waals surface area contributed by atoms with Gasteiger partial charge in [-0.25, -0.2) is 9.97 Å². The van der Waals surface area contributed by atoms with E-state index in [0.717, 1.165) is 44.9 Å². The first kappa shape index (κ1) is 31.3. The fourth-order valence-electron chi connectivity index (χ4n) is 5.64. The van der Waals surface area contributed by atoms with Crippen LogP contribution in [-0.4, -0.2) is 57.6 Å². The Morgan fingerprint density at radius 2 is 2.07 bits per heavy atom. The van der Waals surface area contributed by atoms with Crippen molar-refractivity contribution in [3.05, 3.63) is 53.7 Å². The smallest absolute Gasteiger partial charge is 0.258 e. The lowest BCUT2D eigenvalue weighted by Gasteiger charge is -2.27. The molecule has 226 valence electrons. The standard InChI is InChI=1S/C32H42ClN5O4/c1-6-9-12-21(4)25(7-2)42-26-15-14-24-30(29(26)33)38(23-13-10-11-18-37(20-23)28(39)8-3)32(35-24)36-31(40)22-16-17-34-27(19-22)41-5/h8,14-17,19,21,23,25H,3,6-7,9-13,18,20H2,1-2,4-5H3,(H,35,36,40)/t21?,23-,25-/m1/s1. The molecular formula is C32H42ClN5O4. The molecule has 1 aromatic carbocycles. The molecule has 1 unspecified atom stereocenters. The molecule has 2 amide bonds. The number of carbonyl (C=O) groups is 2. The van der Waals surface area contributed by atoms with Gasteiger partial charge in [0.05, 0.1) is 24.2 Å². The van der Waals surface area contributed by atoms with Crippen molar-refractivity contribution in [1.82, 2.24) is 19.4 Å². The fraction of sp³-hybridized carbons (Fsp3) is 0.500. The second-order valence-corrected chi connectivity index (χ2v) is 11.3. The van der Waals surface area contributed by atoms with E-state index in [1.807, 2.05) is 16.7 Å². The molecule has 0 bridgehead atoms. The minimum absolute atomic E-state index is 0.0160. The number of methoxy groups -OCH3 is 1. The summed E-state index contributed by atoms with van der Waals surface area (Å²) >= 11 is 7.13. The van der Waals surface area contributed by atoms with Gasteiger partial charge in [0, 0.05) is 30.9 Å². The Morgan fingerprint density at radius 1 is 1.26 bits per heavy atom. The topological polar surface area (TPSA) is 98.6 Å². The van der Waals surface area contributed by atoms with E-state index in [4.69, 9.17) is 26.1 Å². The molecule has 0 radical (unpaired) electrons. The molecule has 1 aliphatic rings. The number of hydrogen-bond acceptors (Lipinski definition) is 6. The van der Waals surface area contributed by atoms with E-state index >= 15 is 0 Å². The monoisotopic (exact) mass is 595 g/mol. The van der Waals surface area contributed by atoms with Gasteiger partial charge in [0.15, 0.2) is 0 Å². The number of nitrogens with one attached hydrogen (secondary N) is 1. The van der Waals surface area contributed by atoms with Crippen LogP contribution in [0.2, 0.25) is 5.02 Å². The highest BCUT2D eigenvalue weighted by atomic mass is 35.5. The molecule has 1 aliphatic heterocycles. The molecule has 10 heteroatoms. The molecule has 42 heavy (non-hydrogen) atoms. The van der Waals surface area contributed by atoms with Crippen LogP contribution in [0.5, 0.6) is 11.6 Å². The summed E-state index contributed by atoms with van der Waals surface area (Å²) in [6, 6.07) is 6.75. The van der Waals surface area contributed by atoms with Gasteiger partial charge in [-0.05, 0) is 62.3 Å². The van der Waals surface area contributed by atoms with Crippen LogP contribution >= 0.6 is 11.6 Å². The van der Waals surface area contributed by atoms with E-state index in [2.05, 4.69) is 37.7 Å². The van der Waals surface area contributed by atoms with Gasteiger partial charge in [0.25, 0.3) is 5.91 Å². The van der Waals surface area contributed by atoms with Crippen molar-refractivity contribution in [2.24, 2.45) is 5.92 Å². The molecule has 0 aliphatic carbocycles. The van der Waals surface area contributed by atoms with Crippen molar-refractivity contribution in [3.8, 4) is 11.6 Å². The zero-order valence-electron chi connectivity index (χ0n) is 25.1. The predicted octanol–water partition coefficient (Wildman–Crippen LogP) is 7.07. The number of carbonyl (C=O) groups excluding carboxylic acids is 2. The number of nitrogens with zero attached hydrogens (tertiary/aromatic N) is 4. The number of halogens is 1. The summed E-state index contributed by atoms with van der Waals surface area (Å²) in [5.74, 6) is 1.17. The number of ether oxygens (including phenoxy) is 2. The minimum atomic E-state index is -0.358. The summed E-state index contributed by atoms with van der Waals surface area (Å²) in [4.78, 5) is 36.8. The molecule has 3 aromatic rings. The SMILES string of the molecule is C=CC(=O)N1CCCC[C@@H](n2c(NC(=O)c3ccnc(OC)c3)nc3ccc(O[C@H](CC)C(C)CCCC)c(Cl)c32)C1. The molecular weight excluding hydrogens is 554 g/mol. The number of hydrogen-bond donors (Lipinski definition) is 1. The quantitative estimate of drug-likeness (QED) is 0.225. The Hall–Kier alpha value is -3.59. The number of imidazole rings is 1. The van der Waals surface area contributed by atoms with Gasteiger partial charge >= 0.3 is 0 Å². The van der Waals surface area contributed by atoms with Gasteiger partial charge < -0.3 is 18.9 Å². The molecule has 3 heterocycles. The molecule has 1 N–H and O–H groups in total. The zero-order valence-corrected chi connectivity index (χ0v) is 25.8. The van der Waals surface area contributed by atoms with Gasteiger partial charge in [0.1, 0.15) is 16.9 Å². The number of anilines is 1. The van der Waals surface area contributed by atoms with Crippen molar-refractivity contribution >= 4 is 40.4 Å². The fourth-order valence-corrected chi connectivity index (χ4v) is 5.93. The van der Waals surface area contributed by atoms with Crippen molar-refractivity contribution < 1.29 is 19.1 Å². The summed E-state index contributed by atoms with van der Waals surface area (Å²) < 4.78 is 13.7. The lowest BCUT2D eigenvalue weighted by Crippen LogP contribution is -2.34. The lowest BCUT2D eigenvalue weighted by molar-refractivity contribution is -0.126. The van der Waals surface area contributed by atoms with Crippen LogP contribution in [0.25, 0.3) is 11.0 Å². The molecule has 0 spiro atoms. The third-order valence-corrected chi connectivity index (χ3v) is 8.38. The largest absolute Gasteiger partial charge is 0.489 e. The Kier molecular flexibility index (Phi) is 10.8. The summed E-state index contributed by atoms with van der Waals surface area (Å²) in [6.45, 7) is 11.3. The van der Waals surface area contributed by atoms with Crippen molar-refractivity contribution in [2.45, 2.75) is 77.9 Å². The third-order valence-electron chi connectivity index (χ3n) is 8.01. The second-order valence-electron chi connectivity index (χ2n) is 10.9. The maximum Gasteiger partial charge on any atom is 0.258 e. The van der Waals surface area contributed by atoms with Gasteiger partial charge in [-0.3, -0.25) is 14.9 Å². The molecule has 9 nitrogen and oxygen atoms in total. The number of pyridine rings is 1. The Balaban J connectivity index is 1.78. The average molecular weight is 596 g/mol. The zero-order chi connectivity index (χ0) is 30.2. The maximum atomic E-state index is 13.4. The molecule has 3 atom stereocenters. The number of amides is 2. The third kappa shape index (κ3) is 7.06. The van der Waals surface area contributed by atoms with Gasteiger partial charge in [-0.2, -0.15) is 0 Å². The number of benzene rings is 1. The first-order valence-electron chi connectivity index (χ1n) is 14.9. The van der Waals surface area contributed by atoms with E-state index < -0.39 is 0 Å². The highest BCUT2D eigenvalue weighted by Crippen LogP contribution is 2.39. The van der Waals surface area contributed by atoms with E-state index in [1.54, 1.807) is 17.0 Å². The van der Waals surface area contributed by atoms with Crippen LogP contribution < -0.4 is 14.8 Å². The second kappa shape index (κ2) is 14.5. The lowest BCUT2D eigenvalue weighted by atomic mass is 9.96. The number of rotatable bonds is 12. The molecule has 0 saturated carbocycles. The molecule has 1 fully saturated rings. The first-order valence-corrected chi connectivity index (χ1v) is 15.3. The van der Waals surface area contributed by atoms with Crippen LogP contribution in [0.3, 0.4) is 0 Å². The number of fused-ring (bicyclic) bond motifs is 1. The summed E-state index contributed by atoms with van der Waals surface area (Å²) in [6.07, 6.45) is 9.67. The summed E-state index contributed by atoms with van der Waals surface area (Å²) in [7, 11) is 1.50. The van der Waals surface area contributed by atoms with Crippen LogP contribution in [-0.2, 0) is 4.79 Å². The first-order chi connectivity index (χ1) is 20.3. The van der Waals surface area contributed by atoms with E-state index in [1.165, 1.54) is 19.4 Å². The Morgan fingerprint density at radius 3 is 2.79 bits per heavy atom. The molecule has 4 rings (SSSR count). The van der Waals surface area contributed by atoms with Crippen LogP contribution in [0.4, 0.5) is 5.95 Å². The van der Waals surface area contributed by atoms with Crippen molar-refractivity contribution in [1.29, 1.82) is 0 Å². The summed E-state index contributed by atoms with van der Waals surface area (Å²) in [5, 5.41) is 3.43. The highest BCUT2D eigenvalue weighted by Gasteiger charge is 2.29. The number of aromatic nitrogens is 3. The minimum Gasteiger partial charge on any atom is -0.489 e. The van der Waals surface area contributed by atoms with Gasteiger partial charge in [-0.1, -0.05) is 51.8 Å². The predicted molar refractivity (Wildman–Crippen MR) is 167 cm³/mol. The van der Waals surface area contributed by atoms with E-state index in [-0.39, 0.29) is 24.0 Å². The van der Waals surface area contributed by atoms with Gasteiger partial charge in [-0.15, -0.1) is 0 Å². The van der Waals surface area contributed by atoms with E-state index in [9.17, 15) is 9.59 Å².